The molecule has 0 spiro atoms. The Morgan fingerprint density at radius 2 is 1.87 bits per heavy atom. The number of nitriles is 1. The van der Waals surface area contributed by atoms with Crippen LogP contribution in [0.2, 0.25) is 0 Å². The summed E-state index contributed by atoms with van der Waals surface area (Å²) < 4.78 is 33.6. The van der Waals surface area contributed by atoms with Gasteiger partial charge in [-0.3, -0.25) is 19.5 Å². The number of hydrogen-bond acceptors (Lipinski definition) is 9. The monoisotopic (exact) mass is 730 g/mol. The molecule has 0 saturated carbocycles. The summed E-state index contributed by atoms with van der Waals surface area (Å²) in [5, 5.41) is 16.1. The van der Waals surface area contributed by atoms with Crippen LogP contribution >= 0.6 is 0 Å². The minimum Gasteiger partial charge on any atom is -0.444 e. The second-order valence-corrected chi connectivity index (χ2v) is 14.3. The maximum atomic E-state index is 14.0. The summed E-state index contributed by atoms with van der Waals surface area (Å²) in [6, 6.07) is 13.2. The molecule has 0 aliphatic carbocycles. The molecular weight excluding hydrogens is 686 g/mol. The molecule has 2 aliphatic rings. The first-order valence-electron chi connectivity index (χ1n) is 17.5. The number of nitrogens with zero attached hydrogens (tertiary/aromatic N) is 9. The number of benzene rings is 2. The molecule has 3 aromatic rings. The Morgan fingerprint density at radius 1 is 1.15 bits per heavy atom. The van der Waals surface area contributed by atoms with Gasteiger partial charge in [0.05, 0.1) is 36.8 Å². The molecule has 0 bridgehead atoms. The molecule has 280 valence electrons. The van der Waals surface area contributed by atoms with E-state index in [1.54, 1.807) is 41.4 Å². The zero-order chi connectivity index (χ0) is 38.3. The van der Waals surface area contributed by atoms with Crippen molar-refractivity contribution in [3.05, 3.63) is 70.2 Å². The first-order chi connectivity index (χ1) is 25.2. The van der Waals surface area contributed by atoms with Gasteiger partial charge in [-0.1, -0.05) is 29.4 Å². The molecule has 3 heterocycles. The van der Waals surface area contributed by atoms with E-state index in [9.17, 15) is 28.4 Å². The van der Waals surface area contributed by atoms with Crippen LogP contribution in [0.3, 0.4) is 0 Å². The van der Waals surface area contributed by atoms with Gasteiger partial charge in [0, 0.05) is 73.9 Å². The number of pyridine rings is 1. The number of hydrogen-bond donors (Lipinski definition) is 1. The molecule has 2 saturated heterocycles. The fraction of sp³-hybridized carbons (Fsp3) is 0.486. The Kier molecular flexibility index (Phi) is 12.0. The molecule has 2 aromatic carbocycles. The summed E-state index contributed by atoms with van der Waals surface area (Å²) in [6.45, 7) is 8.48. The Hall–Kier alpha value is -5.52. The molecule has 2 fully saturated rings. The Bertz CT molecular complexity index is 1910. The van der Waals surface area contributed by atoms with E-state index in [1.165, 1.54) is 0 Å². The van der Waals surface area contributed by atoms with Gasteiger partial charge in [0.1, 0.15) is 11.6 Å². The van der Waals surface area contributed by atoms with Gasteiger partial charge in [0.25, 0.3) is 11.8 Å². The largest absolute Gasteiger partial charge is 0.444 e. The number of ether oxygens (including phenoxy) is 1. The zero-order valence-electron chi connectivity index (χ0n) is 30.4. The number of rotatable bonds is 11. The van der Waals surface area contributed by atoms with Gasteiger partial charge in [-0.25, -0.2) is 13.6 Å². The highest BCUT2D eigenvalue weighted by molar-refractivity contribution is 6.12. The first-order valence-corrected chi connectivity index (χ1v) is 17.5. The number of fused-ring (bicyclic) bond motifs is 1. The van der Waals surface area contributed by atoms with Gasteiger partial charge < -0.3 is 24.8 Å². The van der Waals surface area contributed by atoms with Crippen LogP contribution in [0.5, 0.6) is 0 Å². The van der Waals surface area contributed by atoms with Crippen LogP contribution in [0, 0.1) is 11.3 Å². The van der Waals surface area contributed by atoms with E-state index in [2.05, 4.69) is 30.1 Å². The Morgan fingerprint density at radius 3 is 2.53 bits per heavy atom. The summed E-state index contributed by atoms with van der Waals surface area (Å²) in [4.78, 5) is 53.8. The third-order valence-corrected chi connectivity index (χ3v) is 9.23. The van der Waals surface area contributed by atoms with Crippen molar-refractivity contribution in [3.8, 4) is 17.2 Å². The zero-order valence-corrected chi connectivity index (χ0v) is 30.4. The van der Waals surface area contributed by atoms with E-state index in [4.69, 9.17) is 10.3 Å². The van der Waals surface area contributed by atoms with E-state index in [1.807, 2.05) is 46.0 Å². The number of halogens is 2. The van der Waals surface area contributed by atoms with Crippen LogP contribution in [-0.4, -0.2) is 115 Å². The van der Waals surface area contributed by atoms with Crippen molar-refractivity contribution < 1.29 is 27.9 Å². The lowest BCUT2D eigenvalue weighted by molar-refractivity contribution is -0.131. The number of carbonyl (C=O) groups excluding carboxylic acids is 3. The van der Waals surface area contributed by atoms with E-state index in [-0.39, 0.29) is 18.2 Å². The third-order valence-electron chi connectivity index (χ3n) is 9.23. The lowest BCUT2D eigenvalue weighted by atomic mass is 9.96. The lowest BCUT2D eigenvalue weighted by Crippen LogP contribution is -2.50. The van der Waals surface area contributed by atoms with Crippen molar-refractivity contribution in [1.29, 1.82) is 5.26 Å². The minimum absolute atomic E-state index is 0.152. The molecule has 5 rings (SSSR count). The van der Waals surface area contributed by atoms with Crippen molar-refractivity contribution in [2.24, 2.45) is 5.11 Å². The predicted octanol–water partition coefficient (Wildman–Crippen LogP) is 5.58. The van der Waals surface area contributed by atoms with Gasteiger partial charge in [-0.15, -0.1) is 0 Å². The van der Waals surface area contributed by atoms with E-state index < -0.39 is 48.9 Å². The second kappa shape index (κ2) is 16.4. The number of nitrogens with one attached hydrogen (secondary N) is 1. The number of amides is 3. The smallest absolute Gasteiger partial charge is 0.410 e. The third kappa shape index (κ3) is 9.88. The molecule has 16 heteroatoms. The van der Waals surface area contributed by atoms with Crippen molar-refractivity contribution in [3.63, 3.8) is 0 Å². The van der Waals surface area contributed by atoms with Crippen molar-refractivity contribution in [2.45, 2.75) is 57.7 Å². The summed E-state index contributed by atoms with van der Waals surface area (Å²) in [5.74, 6) is -4.57. The van der Waals surface area contributed by atoms with Gasteiger partial charge in [-0.2, -0.15) is 5.26 Å². The number of carbonyl (C=O) groups is 3. The van der Waals surface area contributed by atoms with E-state index in [0.717, 1.165) is 42.2 Å². The Balaban J connectivity index is 1.33. The molecule has 1 N–H and O–H groups in total. The quantitative estimate of drug-likeness (QED) is 0.151. The van der Waals surface area contributed by atoms with Crippen molar-refractivity contribution in [2.75, 3.05) is 64.3 Å². The normalized spacial score (nSPS) is 17.2. The van der Waals surface area contributed by atoms with E-state index >= 15 is 0 Å². The second-order valence-electron chi connectivity index (χ2n) is 14.3. The van der Waals surface area contributed by atoms with Crippen LogP contribution in [0.15, 0.2) is 53.8 Å². The standard InChI is InChI=1S/C37H44F2N10O4/c1-36(2,3)53-35(52)48-16-14-47(15-17-48)13-5-12-46(4)27-10-11-31-29(18-27)33(30(22-42-31)26-8-6-25(7-9-26)21-44-45-41)34(51)43-23-32(50)49-24-37(38,39)19-28(49)20-40/h6-11,18,22,28H,5,12-17,19,21,23-24H2,1-4H3,(H,43,51)/t28-/m0/s1. The lowest BCUT2D eigenvalue weighted by Gasteiger charge is -2.35. The summed E-state index contributed by atoms with van der Waals surface area (Å²) in [7, 11) is 1.96. The number of azide groups is 1. The average Bonchev–Trinajstić information content (AvgIpc) is 3.46. The van der Waals surface area contributed by atoms with Crippen LogP contribution in [-0.2, 0) is 16.1 Å². The van der Waals surface area contributed by atoms with E-state index in [0.29, 0.717) is 41.7 Å². The number of alkyl halides is 2. The van der Waals surface area contributed by atoms with Gasteiger partial charge in [0.2, 0.25) is 5.91 Å². The molecule has 1 aromatic heterocycles. The average molecular weight is 731 g/mol. The van der Waals surface area contributed by atoms with Crippen LogP contribution in [0.4, 0.5) is 19.3 Å². The fourth-order valence-corrected chi connectivity index (χ4v) is 6.47. The minimum atomic E-state index is -3.18. The summed E-state index contributed by atoms with van der Waals surface area (Å²) in [5.41, 5.74) is 11.7. The molecule has 14 nitrogen and oxygen atoms in total. The van der Waals surface area contributed by atoms with Crippen molar-refractivity contribution in [1.82, 2.24) is 25.0 Å². The van der Waals surface area contributed by atoms with Gasteiger partial charge >= 0.3 is 6.09 Å². The topological polar surface area (TPSA) is 171 Å². The molecule has 2 aliphatic heterocycles. The SMILES string of the molecule is CN(CCCN1CCN(C(=O)OC(C)(C)C)CC1)c1ccc2ncc(-c3ccc(CN=[N+]=[N-])cc3)c(C(=O)NCC(=O)N3CC(F)(F)C[C@H]3C#N)c2c1. The molecule has 0 unspecified atom stereocenters. The fourth-order valence-electron chi connectivity index (χ4n) is 6.47. The van der Waals surface area contributed by atoms with Crippen LogP contribution in [0.25, 0.3) is 32.5 Å². The molecular formula is C37H44F2N10O4. The maximum absolute atomic E-state index is 14.0. The van der Waals surface area contributed by atoms with Crippen molar-refractivity contribution >= 4 is 34.5 Å². The molecule has 1 atom stereocenters. The highest BCUT2D eigenvalue weighted by Crippen LogP contribution is 2.33. The highest BCUT2D eigenvalue weighted by atomic mass is 19.3. The Labute approximate surface area is 306 Å². The summed E-state index contributed by atoms with van der Waals surface area (Å²) in [6.07, 6.45) is 1.37. The number of piperazine rings is 1. The molecule has 0 radical (unpaired) electrons. The first kappa shape index (κ1) is 38.7. The van der Waals surface area contributed by atoms with Crippen LogP contribution in [0.1, 0.15) is 49.5 Å². The number of anilines is 1. The highest BCUT2D eigenvalue weighted by Gasteiger charge is 2.47. The maximum Gasteiger partial charge on any atom is 0.410 e. The number of aromatic nitrogens is 1. The number of likely N-dealkylation sites (tertiary alicyclic amines) is 1. The van der Waals surface area contributed by atoms with Gasteiger partial charge in [0.15, 0.2) is 0 Å². The molecule has 3 amide bonds. The predicted molar refractivity (Wildman–Crippen MR) is 195 cm³/mol. The molecule has 53 heavy (non-hydrogen) atoms. The van der Waals surface area contributed by atoms with Gasteiger partial charge in [-0.05, 0) is 68.6 Å². The van der Waals surface area contributed by atoms with Crippen LogP contribution < -0.4 is 10.2 Å². The summed E-state index contributed by atoms with van der Waals surface area (Å²) >= 11 is 0.